The van der Waals surface area contributed by atoms with Crippen LogP contribution in [-0.2, 0) is 4.74 Å². The monoisotopic (exact) mass is 292 g/mol. The molecule has 0 fully saturated rings. The smallest absolute Gasteiger partial charge is 0.194 e. The number of aliphatic hydroxyl groups excluding tert-OH is 1. The van der Waals surface area contributed by atoms with E-state index in [0.717, 1.165) is 12.8 Å². The van der Waals surface area contributed by atoms with Gasteiger partial charge in [-0.1, -0.05) is 13.3 Å². The first-order valence-corrected chi connectivity index (χ1v) is 6.96. The van der Waals surface area contributed by atoms with Gasteiger partial charge in [0.1, 0.15) is 23.8 Å². The van der Waals surface area contributed by atoms with Gasteiger partial charge in [-0.15, -0.1) is 0 Å². The van der Waals surface area contributed by atoms with E-state index in [9.17, 15) is 9.90 Å². The second kappa shape index (κ2) is 6.64. The van der Waals surface area contributed by atoms with E-state index in [2.05, 4.69) is 9.97 Å². The zero-order valence-corrected chi connectivity index (χ0v) is 12.2. The van der Waals surface area contributed by atoms with Gasteiger partial charge in [-0.05, 0) is 13.3 Å². The summed E-state index contributed by atoms with van der Waals surface area (Å²) in [6, 6.07) is 1.41. The lowest BCUT2D eigenvalue weighted by atomic mass is 10.2. The summed E-state index contributed by atoms with van der Waals surface area (Å²) in [5.41, 5.74) is 5.96. The van der Waals surface area contributed by atoms with E-state index in [4.69, 9.17) is 10.5 Å². The van der Waals surface area contributed by atoms with Gasteiger partial charge in [0.2, 0.25) is 0 Å². The lowest BCUT2D eigenvalue weighted by Crippen LogP contribution is -2.24. The maximum atomic E-state index is 11.9. The predicted molar refractivity (Wildman–Crippen MR) is 79.8 cm³/mol. The molecule has 0 aliphatic carbocycles. The number of pyridine rings is 1. The molecular weight excluding hydrogens is 272 g/mol. The van der Waals surface area contributed by atoms with Gasteiger partial charge in [-0.2, -0.15) is 0 Å². The van der Waals surface area contributed by atoms with Gasteiger partial charge in [0, 0.05) is 12.3 Å². The topological polar surface area (TPSA) is 103 Å². The van der Waals surface area contributed by atoms with Gasteiger partial charge in [0.25, 0.3) is 0 Å². The molecule has 2 unspecified atom stereocenters. The molecule has 2 aromatic heterocycles. The van der Waals surface area contributed by atoms with Crippen LogP contribution in [0.2, 0.25) is 0 Å². The Hall–Kier alpha value is -1.99. The third-order valence-corrected chi connectivity index (χ3v) is 3.33. The van der Waals surface area contributed by atoms with Crippen LogP contribution in [0.5, 0.6) is 0 Å². The number of anilines is 1. The van der Waals surface area contributed by atoms with Crippen molar-refractivity contribution in [1.82, 2.24) is 14.5 Å². The van der Waals surface area contributed by atoms with Gasteiger partial charge < -0.3 is 20.1 Å². The van der Waals surface area contributed by atoms with Crippen molar-refractivity contribution in [3.05, 3.63) is 28.8 Å². The van der Waals surface area contributed by atoms with Gasteiger partial charge in [-0.3, -0.25) is 4.79 Å². The van der Waals surface area contributed by atoms with Gasteiger partial charge in [-0.25, -0.2) is 9.97 Å². The Bertz CT molecular complexity index is 671. The maximum Gasteiger partial charge on any atom is 0.194 e. The normalized spacial score (nSPS) is 14.2. The highest BCUT2D eigenvalue weighted by atomic mass is 16.5. The molecule has 0 radical (unpaired) electrons. The van der Waals surface area contributed by atoms with E-state index in [1.54, 1.807) is 10.8 Å². The van der Waals surface area contributed by atoms with Crippen molar-refractivity contribution in [3.63, 3.8) is 0 Å². The molecule has 2 rings (SSSR count). The summed E-state index contributed by atoms with van der Waals surface area (Å²) in [5.74, 6) is 0.152. The second-order valence-electron chi connectivity index (χ2n) is 4.87. The highest BCUT2D eigenvalue weighted by Crippen LogP contribution is 2.19. The number of aromatic nitrogens is 3. The van der Waals surface area contributed by atoms with E-state index in [-0.39, 0.29) is 35.6 Å². The van der Waals surface area contributed by atoms with Crippen molar-refractivity contribution in [3.8, 4) is 0 Å². The molecule has 3 N–H and O–H groups in total. The predicted octanol–water partition coefficient (Wildman–Crippen LogP) is 1.07. The molecule has 2 heterocycles. The molecule has 7 heteroatoms. The van der Waals surface area contributed by atoms with Crippen molar-refractivity contribution >= 4 is 16.9 Å². The number of rotatable bonds is 6. The van der Waals surface area contributed by atoms with Crippen molar-refractivity contribution in [1.29, 1.82) is 0 Å². The van der Waals surface area contributed by atoms with E-state index < -0.39 is 0 Å². The number of ether oxygens (including phenoxy) is 1. The lowest BCUT2D eigenvalue weighted by molar-refractivity contribution is -0.0670. The lowest BCUT2D eigenvalue weighted by Gasteiger charge is -2.23. The van der Waals surface area contributed by atoms with Crippen molar-refractivity contribution < 1.29 is 9.84 Å². The number of fused-ring (bicyclic) bond motifs is 1. The highest BCUT2D eigenvalue weighted by Gasteiger charge is 2.16. The Balaban J connectivity index is 2.40. The fourth-order valence-electron chi connectivity index (χ4n) is 2.29. The molecule has 2 aromatic rings. The largest absolute Gasteiger partial charge is 0.394 e. The third kappa shape index (κ3) is 3.20. The third-order valence-electron chi connectivity index (χ3n) is 3.33. The van der Waals surface area contributed by atoms with Crippen LogP contribution >= 0.6 is 0 Å². The molecule has 2 atom stereocenters. The van der Waals surface area contributed by atoms with Gasteiger partial charge in [0.05, 0.1) is 12.7 Å². The van der Waals surface area contributed by atoms with Crippen LogP contribution in [0.15, 0.2) is 23.4 Å². The SMILES string of the molecule is CCCC(CO)OC(C)n1ccc(=O)c2c(N)ncnc21. The second-order valence-corrected chi connectivity index (χ2v) is 4.87. The molecule has 7 nitrogen and oxygen atoms in total. The Morgan fingerprint density at radius 2 is 2.24 bits per heavy atom. The summed E-state index contributed by atoms with van der Waals surface area (Å²) >= 11 is 0. The fourth-order valence-corrected chi connectivity index (χ4v) is 2.29. The molecule has 0 saturated carbocycles. The molecule has 0 spiro atoms. The summed E-state index contributed by atoms with van der Waals surface area (Å²) in [4.78, 5) is 19.9. The van der Waals surface area contributed by atoms with Crippen LogP contribution in [0.1, 0.15) is 32.9 Å². The number of nitrogens with zero attached hydrogens (tertiary/aromatic N) is 3. The number of nitrogen functional groups attached to an aromatic ring is 1. The summed E-state index contributed by atoms with van der Waals surface area (Å²) in [6.45, 7) is 3.81. The standard InChI is InChI=1S/C14H20N4O3/c1-3-4-10(7-19)21-9(2)18-6-5-11(20)12-13(15)16-8-17-14(12)18/h5-6,8-10,19H,3-4,7H2,1-2H3,(H2,15,16,17). The zero-order valence-electron chi connectivity index (χ0n) is 12.2. The Kier molecular flexibility index (Phi) is 4.87. The van der Waals surface area contributed by atoms with Crippen LogP contribution < -0.4 is 11.2 Å². The number of hydrogen-bond acceptors (Lipinski definition) is 6. The van der Waals surface area contributed by atoms with Crippen molar-refractivity contribution in [2.75, 3.05) is 12.3 Å². The minimum absolute atomic E-state index is 0.0482. The van der Waals surface area contributed by atoms with E-state index in [1.165, 1.54) is 12.4 Å². The van der Waals surface area contributed by atoms with E-state index >= 15 is 0 Å². The highest BCUT2D eigenvalue weighted by molar-refractivity contribution is 5.84. The number of aliphatic hydroxyl groups is 1. The molecule has 0 aliphatic heterocycles. The Morgan fingerprint density at radius 3 is 2.90 bits per heavy atom. The quantitative estimate of drug-likeness (QED) is 0.825. The molecule has 0 amide bonds. The van der Waals surface area contributed by atoms with Crippen molar-refractivity contribution in [2.45, 2.75) is 39.0 Å². The molecule has 114 valence electrons. The molecule has 0 bridgehead atoms. The van der Waals surface area contributed by atoms with Crippen LogP contribution in [0.25, 0.3) is 11.0 Å². The molecule has 0 saturated heterocycles. The average Bonchev–Trinajstić information content (AvgIpc) is 2.47. The molecular formula is C14H20N4O3. The minimum Gasteiger partial charge on any atom is -0.394 e. The molecule has 0 aromatic carbocycles. The van der Waals surface area contributed by atoms with Gasteiger partial charge >= 0.3 is 0 Å². The maximum absolute atomic E-state index is 11.9. The van der Waals surface area contributed by atoms with Crippen LogP contribution in [-0.4, -0.2) is 32.4 Å². The average molecular weight is 292 g/mol. The number of nitrogens with two attached hydrogens (primary N) is 1. The first-order chi connectivity index (χ1) is 10.1. The Labute approximate surface area is 122 Å². The molecule has 0 aliphatic rings. The summed E-state index contributed by atoms with van der Waals surface area (Å²) in [5, 5.41) is 9.61. The van der Waals surface area contributed by atoms with Crippen LogP contribution in [0.3, 0.4) is 0 Å². The summed E-state index contributed by atoms with van der Waals surface area (Å²) in [6.07, 6.45) is 3.97. The van der Waals surface area contributed by atoms with E-state index in [1.807, 2.05) is 13.8 Å². The minimum atomic E-state index is -0.383. The van der Waals surface area contributed by atoms with Gasteiger partial charge in [0.15, 0.2) is 11.1 Å². The summed E-state index contributed by atoms with van der Waals surface area (Å²) < 4.78 is 7.54. The van der Waals surface area contributed by atoms with E-state index in [0.29, 0.717) is 5.65 Å². The molecule has 21 heavy (non-hydrogen) atoms. The van der Waals surface area contributed by atoms with Crippen molar-refractivity contribution in [2.24, 2.45) is 0 Å². The summed E-state index contributed by atoms with van der Waals surface area (Å²) in [7, 11) is 0. The first kappa shape index (κ1) is 15.4. The van der Waals surface area contributed by atoms with Crippen LogP contribution in [0.4, 0.5) is 5.82 Å². The Morgan fingerprint density at radius 1 is 1.48 bits per heavy atom. The first-order valence-electron chi connectivity index (χ1n) is 6.96. The zero-order chi connectivity index (χ0) is 15.4. The number of hydrogen-bond donors (Lipinski definition) is 2. The van der Waals surface area contributed by atoms with Crippen LogP contribution in [0, 0.1) is 0 Å². The fraction of sp³-hybridized carbons (Fsp3) is 0.500.